The van der Waals surface area contributed by atoms with Gasteiger partial charge in [-0.25, -0.2) is 4.98 Å². The van der Waals surface area contributed by atoms with E-state index < -0.39 is 0 Å². The Kier molecular flexibility index (Phi) is 3.65. The zero-order chi connectivity index (χ0) is 15.8. The molecule has 7 nitrogen and oxygen atoms in total. The molecule has 0 amide bonds. The number of hydrogen-bond donors (Lipinski definition) is 2. The van der Waals surface area contributed by atoms with E-state index in [0.717, 1.165) is 42.5 Å². The van der Waals surface area contributed by atoms with Crippen LogP contribution in [0.4, 0.5) is 11.6 Å². The van der Waals surface area contributed by atoms with E-state index in [0.29, 0.717) is 6.04 Å². The van der Waals surface area contributed by atoms with Crippen LogP contribution in [0.25, 0.3) is 11.0 Å². The molecule has 1 atom stereocenters. The lowest BCUT2D eigenvalue weighted by molar-refractivity contribution is -0.384. The smallest absolute Gasteiger partial charge is 0.271 e. The number of nitrogens with zero attached hydrogens (tertiary/aromatic N) is 3. The molecule has 2 saturated heterocycles. The molecule has 3 heterocycles. The summed E-state index contributed by atoms with van der Waals surface area (Å²) in [6, 6.07) is 5.46. The first kappa shape index (κ1) is 14.4. The highest BCUT2D eigenvalue weighted by Gasteiger charge is 2.29. The van der Waals surface area contributed by atoms with Crippen molar-refractivity contribution in [3.8, 4) is 0 Å². The molecule has 2 aromatic rings. The summed E-state index contributed by atoms with van der Waals surface area (Å²) in [7, 11) is 0. The molecular weight excluding hydrogens is 294 g/mol. The van der Waals surface area contributed by atoms with E-state index in [2.05, 4.69) is 20.2 Å². The fourth-order valence-corrected chi connectivity index (χ4v) is 3.87. The molecule has 0 bridgehead atoms. The molecule has 2 aliphatic rings. The van der Waals surface area contributed by atoms with Crippen LogP contribution in [-0.4, -0.2) is 40.6 Å². The number of benzene rings is 1. The van der Waals surface area contributed by atoms with Crippen molar-refractivity contribution in [3.05, 3.63) is 28.3 Å². The Morgan fingerprint density at radius 1 is 1.26 bits per heavy atom. The van der Waals surface area contributed by atoms with Crippen LogP contribution in [-0.2, 0) is 0 Å². The number of aromatic amines is 1. The second-order valence-electron chi connectivity index (χ2n) is 6.55. The SMILES string of the molecule is O=[N+]([O-])c1ccc2nc(N3CCC(C4CCCN4)CC3)[nH]c2c1. The normalized spacial score (nSPS) is 22.8. The van der Waals surface area contributed by atoms with Gasteiger partial charge in [0.15, 0.2) is 0 Å². The molecule has 2 fully saturated rings. The minimum absolute atomic E-state index is 0.0960. The Labute approximate surface area is 134 Å². The van der Waals surface area contributed by atoms with Gasteiger partial charge in [-0.1, -0.05) is 0 Å². The number of hydrogen-bond acceptors (Lipinski definition) is 5. The fourth-order valence-electron chi connectivity index (χ4n) is 3.87. The number of nitro benzene ring substituents is 1. The van der Waals surface area contributed by atoms with E-state index >= 15 is 0 Å². The summed E-state index contributed by atoms with van der Waals surface area (Å²) in [5.74, 6) is 1.59. The summed E-state index contributed by atoms with van der Waals surface area (Å²) in [5, 5.41) is 14.5. The molecule has 2 aliphatic heterocycles. The zero-order valence-electron chi connectivity index (χ0n) is 13.0. The molecule has 0 aliphatic carbocycles. The summed E-state index contributed by atoms with van der Waals surface area (Å²) in [6.07, 6.45) is 4.95. The van der Waals surface area contributed by atoms with Gasteiger partial charge in [0.25, 0.3) is 5.69 Å². The minimum atomic E-state index is -0.375. The lowest BCUT2D eigenvalue weighted by atomic mass is 9.89. The van der Waals surface area contributed by atoms with Crippen molar-refractivity contribution in [1.29, 1.82) is 0 Å². The number of nitrogens with one attached hydrogen (secondary N) is 2. The quantitative estimate of drug-likeness (QED) is 0.671. The molecular formula is C16H21N5O2. The number of anilines is 1. The van der Waals surface area contributed by atoms with E-state index in [-0.39, 0.29) is 10.6 Å². The lowest BCUT2D eigenvalue weighted by Gasteiger charge is -2.34. The third kappa shape index (κ3) is 2.76. The Morgan fingerprint density at radius 2 is 2.09 bits per heavy atom. The monoisotopic (exact) mass is 315 g/mol. The van der Waals surface area contributed by atoms with Crippen molar-refractivity contribution in [2.45, 2.75) is 31.7 Å². The maximum atomic E-state index is 10.9. The summed E-state index contributed by atoms with van der Waals surface area (Å²) < 4.78 is 0. The fraction of sp³-hybridized carbons (Fsp3) is 0.562. The summed E-state index contributed by atoms with van der Waals surface area (Å²) in [5.41, 5.74) is 1.61. The number of rotatable bonds is 3. The average molecular weight is 315 g/mol. The lowest BCUT2D eigenvalue weighted by Crippen LogP contribution is -2.41. The van der Waals surface area contributed by atoms with Crippen LogP contribution in [0.5, 0.6) is 0 Å². The second-order valence-corrected chi connectivity index (χ2v) is 6.55. The maximum Gasteiger partial charge on any atom is 0.271 e. The van der Waals surface area contributed by atoms with Crippen LogP contribution < -0.4 is 10.2 Å². The second kappa shape index (κ2) is 5.81. The number of aromatic nitrogens is 2. The van der Waals surface area contributed by atoms with Crippen LogP contribution in [0.2, 0.25) is 0 Å². The van der Waals surface area contributed by atoms with Gasteiger partial charge in [0.1, 0.15) is 0 Å². The Hall–Kier alpha value is -2.15. The predicted molar refractivity (Wildman–Crippen MR) is 88.7 cm³/mol. The molecule has 0 saturated carbocycles. The molecule has 4 rings (SSSR count). The first-order valence-corrected chi connectivity index (χ1v) is 8.33. The van der Waals surface area contributed by atoms with Gasteiger partial charge in [-0.3, -0.25) is 10.1 Å². The van der Waals surface area contributed by atoms with Crippen LogP contribution in [0, 0.1) is 16.0 Å². The van der Waals surface area contributed by atoms with Crippen molar-refractivity contribution >= 4 is 22.7 Å². The van der Waals surface area contributed by atoms with Crippen molar-refractivity contribution in [3.63, 3.8) is 0 Å². The number of piperidine rings is 1. The van der Waals surface area contributed by atoms with Crippen molar-refractivity contribution in [1.82, 2.24) is 15.3 Å². The third-order valence-corrected chi connectivity index (χ3v) is 5.17. The molecule has 1 aromatic heterocycles. The van der Waals surface area contributed by atoms with Crippen LogP contribution >= 0.6 is 0 Å². The molecule has 122 valence electrons. The maximum absolute atomic E-state index is 10.9. The standard InChI is InChI=1S/C16H21N5O2/c22-21(23)12-3-4-14-15(10-12)19-16(18-14)20-8-5-11(6-9-20)13-2-1-7-17-13/h3-4,10-11,13,17H,1-2,5-9H2,(H,18,19). The van der Waals surface area contributed by atoms with Crippen LogP contribution in [0.3, 0.4) is 0 Å². The molecule has 0 spiro atoms. The largest absolute Gasteiger partial charge is 0.342 e. The van der Waals surface area contributed by atoms with Crippen molar-refractivity contribution in [2.24, 2.45) is 5.92 Å². The summed E-state index contributed by atoms with van der Waals surface area (Å²) in [4.78, 5) is 20.6. The molecule has 0 radical (unpaired) electrons. The predicted octanol–water partition coefficient (Wildman–Crippen LogP) is 2.44. The molecule has 1 aromatic carbocycles. The van der Waals surface area contributed by atoms with Crippen LogP contribution in [0.15, 0.2) is 18.2 Å². The number of H-pyrrole nitrogens is 1. The average Bonchev–Trinajstić information content (AvgIpc) is 3.23. The van der Waals surface area contributed by atoms with Crippen molar-refractivity contribution in [2.75, 3.05) is 24.5 Å². The van der Waals surface area contributed by atoms with Gasteiger partial charge in [-0.2, -0.15) is 0 Å². The van der Waals surface area contributed by atoms with Crippen molar-refractivity contribution < 1.29 is 4.92 Å². The van der Waals surface area contributed by atoms with E-state index in [9.17, 15) is 10.1 Å². The van der Waals surface area contributed by atoms with E-state index in [4.69, 9.17) is 0 Å². The highest BCUT2D eigenvalue weighted by molar-refractivity contribution is 5.80. The number of fused-ring (bicyclic) bond motifs is 1. The molecule has 7 heteroatoms. The molecule has 2 N–H and O–H groups in total. The van der Waals surface area contributed by atoms with E-state index in [1.54, 1.807) is 12.1 Å². The van der Waals surface area contributed by atoms with Gasteiger partial charge in [0.2, 0.25) is 5.95 Å². The van der Waals surface area contributed by atoms with Crippen LogP contribution in [0.1, 0.15) is 25.7 Å². The van der Waals surface area contributed by atoms with Gasteiger partial charge in [-0.15, -0.1) is 0 Å². The Bertz CT molecular complexity index is 714. The number of nitro groups is 1. The van der Waals surface area contributed by atoms with E-state index in [1.807, 2.05) is 0 Å². The molecule has 1 unspecified atom stereocenters. The molecule has 23 heavy (non-hydrogen) atoms. The minimum Gasteiger partial charge on any atom is -0.342 e. The van der Waals surface area contributed by atoms with E-state index in [1.165, 1.54) is 31.7 Å². The van der Waals surface area contributed by atoms with Gasteiger partial charge < -0.3 is 15.2 Å². The number of non-ortho nitro benzene ring substituents is 1. The van der Waals surface area contributed by atoms with Gasteiger partial charge in [0.05, 0.1) is 16.0 Å². The first-order valence-electron chi connectivity index (χ1n) is 8.33. The van der Waals surface area contributed by atoms with Gasteiger partial charge in [-0.05, 0) is 44.2 Å². The third-order valence-electron chi connectivity index (χ3n) is 5.17. The summed E-state index contributed by atoms with van der Waals surface area (Å²) in [6.45, 7) is 3.14. The topological polar surface area (TPSA) is 87.1 Å². The Balaban J connectivity index is 1.48. The first-order chi connectivity index (χ1) is 11.2. The van der Waals surface area contributed by atoms with Gasteiger partial charge >= 0.3 is 0 Å². The highest BCUT2D eigenvalue weighted by Crippen LogP contribution is 2.29. The van der Waals surface area contributed by atoms with Gasteiger partial charge in [0, 0.05) is 31.3 Å². The highest BCUT2D eigenvalue weighted by atomic mass is 16.6. The zero-order valence-corrected chi connectivity index (χ0v) is 13.0. The Morgan fingerprint density at radius 3 is 2.78 bits per heavy atom. The summed E-state index contributed by atoms with van der Waals surface area (Å²) >= 11 is 0. The number of imidazole rings is 1.